The van der Waals surface area contributed by atoms with Gasteiger partial charge in [-0.05, 0) is 30.7 Å². The molecule has 4 bridgehead atoms. The SMILES string of the molecule is C=C1[C@H](OC)C[C@H]2COc3ccn4ncc(c4n3)-c3cc(cc(C(C)=O)c3)NCCN12. The van der Waals surface area contributed by atoms with E-state index in [1.165, 1.54) is 0 Å². The summed E-state index contributed by atoms with van der Waals surface area (Å²) in [6.07, 6.45) is 4.41. The monoisotopic (exact) mass is 419 g/mol. The van der Waals surface area contributed by atoms with E-state index < -0.39 is 0 Å². The molecule has 1 fully saturated rings. The normalized spacial score (nSPS) is 20.8. The number of rotatable bonds is 2. The first-order valence-corrected chi connectivity index (χ1v) is 10.4. The largest absolute Gasteiger partial charge is 0.475 e. The van der Waals surface area contributed by atoms with Crippen LogP contribution in [-0.2, 0) is 4.74 Å². The average Bonchev–Trinajstić information content (AvgIpc) is 3.32. The van der Waals surface area contributed by atoms with Crippen LogP contribution in [0.4, 0.5) is 5.69 Å². The van der Waals surface area contributed by atoms with Crippen LogP contribution in [0.25, 0.3) is 16.8 Å². The second-order valence-corrected chi connectivity index (χ2v) is 7.98. The molecule has 160 valence electrons. The molecule has 4 heterocycles. The van der Waals surface area contributed by atoms with Crippen LogP contribution in [0, 0.1) is 0 Å². The van der Waals surface area contributed by atoms with E-state index >= 15 is 0 Å². The molecule has 2 aliphatic heterocycles. The first-order chi connectivity index (χ1) is 15.0. The maximum atomic E-state index is 12.2. The van der Waals surface area contributed by atoms with Crippen LogP contribution in [0.5, 0.6) is 5.88 Å². The minimum Gasteiger partial charge on any atom is -0.475 e. The number of fused-ring (bicyclic) bond motifs is 5. The third-order valence-corrected chi connectivity index (χ3v) is 6.05. The maximum absolute atomic E-state index is 12.2. The number of anilines is 1. The van der Waals surface area contributed by atoms with Gasteiger partial charge >= 0.3 is 0 Å². The highest BCUT2D eigenvalue weighted by Gasteiger charge is 2.35. The van der Waals surface area contributed by atoms with Gasteiger partial charge in [-0.25, -0.2) is 4.52 Å². The van der Waals surface area contributed by atoms with Crippen molar-refractivity contribution < 1.29 is 14.3 Å². The van der Waals surface area contributed by atoms with Crippen molar-refractivity contribution >= 4 is 17.1 Å². The molecule has 0 spiro atoms. The van der Waals surface area contributed by atoms with Gasteiger partial charge in [0.25, 0.3) is 0 Å². The molecule has 1 aromatic carbocycles. The molecule has 0 radical (unpaired) electrons. The van der Waals surface area contributed by atoms with Crippen molar-refractivity contribution in [1.82, 2.24) is 19.5 Å². The van der Waals surface area contributed by atoms with Crippen LogP contribution >= 0.6 is 0 Å². The Hall–Kier alpha value is -3.39. The van der Waals surface area contributed by atoms with Crippen LogP contribution < -0.4 is 10.1 Å². The topological polar surface area (TPSA) is 81.0 Å². The lowest BCUT2D eigenvalue weighted by atomic mass is 10.0. The highest BCUT2D eigenvalue weighted by molar-refractivity contribution is 5.97. The predicted molar refractivity (Wildman–Crippen MR) is 117 cm³/mol. The number of carbonyl (C=O) groups is 1. The molecule has 3 aromatic rings. The Labute approximate surface area is 180 Å². The van der Waals surface area contributed by atoms with Crippen LogP contribution in [0.15, 0.2) is 48.9 Å². The summed E-state index contributed by atoms with van der Waals surface area (Å²) in [5.74, 6) is 0.550. The number of methoxy groups -OCH3 is 1. The van der Waals surface area contributed by atoms with Crippen molar-refractivity contribution in [3.05, 3.63) is 54.5 Å². The summed E-state index contributed by atoms with van der Waals surface area (Å²) in [5, 5.41) is 7.89. The van der Waals surface area contributed by atoms with E-state index in [9.17, 15) is 4.79 Å². The predicted octanol–water partition coefficient (Wildman–Crippen LogP) is 3.01. The van der Waals surface area contributed by atoms with Gasteiger partial charge in [0.15, 0.2) is 11.4 Å². The Morgan fingerprint density at radius 2 is 2.23 bits per heavy atom. The van der Waals surface area contributed by atoms with Gasteiger partial charge in [0.1, 0.15) is 6.61 Å². The minimum absolute atomic E-state index is 0.00962. The molecule has 0 saturated carbocycles. The second kappa shape index (κ2) is 7.70. The van der Waals surface area contributed by atoms with Crippen LogP contribution in [0.3, 0.4) is 0 Å². The van der Waals surface area contributed by atoms with Crippen molar-refractivity contribution in [2.75, 3.05) is 32.1 Å². The molecule has 1 N–H and O–H groups in total. The zero-order valence-corrected chi connectivity index (χ0v) is 17.7. The number of ether oxygens (including phenoxy) is 2. The Morgan fingerprint density at radius 1 is 1.35 bits per heavy atom. The Bertz CT molecular complexity index is 1170. The van der Waals surface area contributed by atoms with Crippen molar-refractivity contribution in [1.29, 1.82) is 0 Å². The third-order valence-electron chi connectivity index (χ3n) is 6.05. The molecule has 2 aromatic heterocycles. The van der Waals surface area contributed by atoms with E-state index in [1.54, 1.807) is 24.7 Å². The van der Waals surface area contributed by atoms with Gasteiger partial charge in [-0.3, -0.25) is 4.79 Å². The number of benzene rings is 1. The Balaban J connectivity index is 1.60. The fourth-order valence-electron chi connectivity index (χ4n) is 4.37. The molecule has 31 heavy (non-hydrogen) atoms. The molecule has 0 aliphatic carbocycles. The zero-order chi connectivity index (χ0) is 21.5. The van der Waals surface area contributed by atoms with Crippen molar-refractivity contribution in [3.8, 4) is 17.0 Å². The van der Waals surface area contributed by atoms with E-state index in [2.05, 4.69) is 21.9 Å². The number of carbonyl (C=O) groups excluding carboxylic acids is 1. The van der Waals surface area contributed by atoms with Gasteiger partial charge in [0.05, 0.1) is 18.3 Å². The lowest BCUT2D eigenvalue weighted by Crippen LogP contribution is -2.36. The summed E-state index contributed by atoms with van der Waals surface area (Å²) in [6, 6.07) is 7.76. The van der Waals surface area contributed by atoms with Crippen LogP contribution in [0.2, 0.25) is 0 Å². The summed E-state index contributed by atoms with van der Waals surface area (Å²) < 4.78 is 13.4. The fourth-order valence-corrected chi connectivity index (χ4v) is 4.37. The van der Waals surface area contributed by atoms with E-state index in [0.29, 0.717) is 30.2 Å². The van der Waals surface area contributed by atoms with Gasteiger partial charge in [-0.1, -0.05) is 6.58 Å². The summed E-state index contributed by atoms with van der Waals surface area (Å²) >= 11 is 0. The van der Waals surface area contributed by atoms with Crippen molar-refractivity contribution in [2.24, 2.45) is 0 Å². The molecule has 2 atom stereocenters. The number of nitrogens with one attached hydrogen (secondary N) is 1. The molecule has 5 rings (SSSR count). The van der Waals surface area contributed by atoms with Gasteiger partial charge in [-0.2, -0.15) is 10.1 Å². The molecule has 8 heteroatoms. The second-order valence-electron chi connectivity index (χ2n) is 7.98. The summed E-state index contributed by atoms with van der Waals surface area (Å²) in [5.41, 5.74) is 4.91. The number of Topliss-reactive ketones (excluding diaryl/α,β-unsaturated/α-hetero) is 1. The van der Waals surface area contributed by atoms with Crippen LogP contribution in [-0.4, -0.2) is 64.2 Å². The molecule has 0 amide bonds. The van der Waals surface area contributed by atoms with E-state index in [4.69, 9.17) is 14.5 Å². The molecule has 8 nitrogen and oxygen atoms in total. The van der Waals surface area contributed by atoms with Crippen molar-refractivity contribution in [3.63, 3.8) is 0 Å². The number of hydrogen-bond acceptors (Lipinski definition) is 7. The van der Waals surface area contributed by atoms with E-state index in [0.717, 1.165) is 35.5 Å². The zero-order valence-electron chi connectivity index (χ0n) is 17.7. The summed E-state index contributed by atoms with van der Waals surface area (Å²) in [6.45, 7) is 7.75. The molecule has 1 saturated heterocycles. The number of nitrogens with zero attached hydrogens (tertiary/aromatic N) is 4. The molecule has 2 aliphatic rings. The van der Waals surface area contributed by atoms with E-state index in [-0.39, 0.29) is 17.9 Å². The fraction of sp³-hybridized carbons (Fsp3) is 0.348. The lowest BCUT2D eigenvalue weighted by molar-refractivity contribution is 0.101. The van der Waals surface area contributed by atoms with Gasteiger partial charge in [0, 0.05) is 61.4 Å². The average molecular weight is 419 g/mol. The molecular formula is C23H25N5O3. The number of aromatic nitrogens is 3. The first kappa shape index (κ1) is 19.6. The quantitative estimate of drug-likeness (QED) is 0.640. The Kier molecular flexibility index (Phi) is 4.86. The highest BCUT2D eigenvalue weighted by atomic mass is 16.5. The number of hydrogen-bond donors (Lipinski definition) is 1. The number of ketones is 1. The standard InChI is InChI=1S/C23H25N5O3/c1-14-21(30-3)11-19-13-31-22-4-6-28-23(26-22)20(12-25-28)17-8-16(15(2)29)9-18(10-17)24-5-7-27(14)19/h4,6,8-10,12,19,21,24H,1,5,7,11,13H2,2-3H3/t19-,21+/m0/s1. The van der Waals surface area contributed by atoms with Gasteiger partial charge < -0.3 is 19.7 Å². The third kappa shape index (κ3) is 3.53. The van der Waals surface area contributed by atoms with Gasteiger partial charge in [0.2, 0.25) is 5.88 Å². The lowest BCUT2D eigenvalue weighted by Gasteiger charge is -2.28. The summed E-state index contributed by atoms with van der Waals surface area (Å²) in [4.78, 5) is 19.1. The Morgan fingerprint density at radius 3 is 3.03 bits per heavy atom. The maximum Gasteiger partial charge on any atom is 0.216 e. The van der Waals surface area contributed by atoms with Crippen molar-refractivity contribution in [2.45, 2.75) is 25.5 Å². The van der Waals surface area contributed by atoms with Gasteiger partial charge in [-0.15, -0.1) is 0 Å². The highest BCUT2D eigenvalue weighted by Crippen LogP contribution is 2.31. The van der Waals surface area contributed by atoms with Crippen LogP contribution in [0.1, 0.15) is 23.7 Å². The van der Waals surface area contributed by atoms with E-state index in [1.807, 2.05) is 30.5 Å². The first-order valence-electron chi connectivity index (χ1n) is 10.4. The smallest absolute Gasteiger partial charge is 0.216 e. The molecule has 0 unspecified atom stereocenters. The summed E-state index contributed by atoms with van der Waals surface area (Å²) in [7, 11) is 1.71. The minimum atomic E-state index is -0.0196. The molecular weight excluding hydrogens is 394 g/mol.